The molecule has 0 aromatic heterocycles. The highest BCUT2D eigenvalue weighted by molar-refractivity contribution is 14.0. The molecule has 0 unspecified atom stereocenters. The number of hydrogen-bond acceptors (Lipinski definition) is 4. The third kappa shape index (κ3) is 6.75. The van der Waals surface area contributed by atoms with E-state index >= 15 is 0 Å². The molecule has 2 aromatic carbocycles. The number of guanidine groups is 1. The Bertz CT molecular complexity index is 882. The molecule has 1 heterocycles. The third-order valence-electron chi connectivity index (χ3n) is 5.19. The first kappa shape index (κ1) is 24.8. The van der Waals surface area contributed by atoms with E-state index in [0.717, 1.165) is 43.5 Å². The van der Waals surface area contributed by atoms with E-state index in [0.29, 0.717) is 18.7 Å². The van der Waals surface area contributed by atoms with Crippen molar-refractivity contribution < 1.29 is 9.53 Å². The normalized spacial score (nSPS) is 14.0. The monoisotopic (exact) mass is 537 g/mol. The predicted octanol–water partition coefficient (Wildman–Crippen LogP) is 2.96. The van der Waals surface area contributed by atoms with Crippen molar-refractivity contribution in [2.24, 2.45) is 4.99 Å². The summed E-state index contributed by atoms with van der Waals surface area (Å²) in [7, 11) is 3.50. The second-order valence-corrected chi connectivity index (χ2v) is 7.14. The number of carbonyl (C=O) groups is 1. The van der Waals surface area contributed by atoms with Gasteiger partial charge in [-0.2, -0.15) is 0 Å². The molecule has 2 N–H and O–H groups in total. The number of rotatable bonds is 6. The van der Waals surface area contributed by atoms with Crippen molar-refractivity contribution in [3.63, 3.8) is 0 Å². The molecule has 1 aliphatic heterocycles. The van der Waals surface area contributed by atoms with Crippen LogP contribution in [0.4, 0.5) is 5.69 Å². The zero-order valence-corrected chi connectivity index (χ0v) is 20.8. The number of nitrogens with one attached hydrogen (secondary N) is 2. The number of methoxy groups -OCH3 is 1. The number of amides is 1. The van der Waals surface area contributed by atoms with Crippen molar-refractivity contribution in [2.45, 2.75) is 13.5 Å². The van der Waals surface area contributed by atoms with E-state index in [4.69, 9.17) is 4.74 Å². The van der Waals surface area contributed by atoms with Gasteiger partial charge in [0.05, 0.1) is 7.11 Å². The van der Waals surface area contributed by atoms with E-state index in [1.165, 1.54) is 5.69 Å². The van der Waals surface area contributed by atoms with E-state index in [1.54, 1.807) is 7.11 Å². The van der Waals surface area contributed by atoms with Crippen LogP contribution in [0.5, 0.6) is 5.75 Å². The Balaban J connectivity index is 0.00000341. The lowest BCUT2D eigenvalue weighted by atomic mass is 10.1. The summed E-state index contributed by atoms with van der Waals surface area (Å²) in [6.45, 7) is 6.76. The molecule has 7 nitrogen and oxygen atoms in total. The van der Waals surface area contributed by atoms with Gasteiger partial charge < -0.3 is 25.2 Å². The number of carbonyl (C=O) groups excluding carboxylic acids is 1. The molecule has 1 amide bonds. The molecule has 0 bridgehead atoms. The molecule has 0 spiro atoms. The molecule has 1 aliphatic rings. The molecule has 0 atom stereocenters. The van der Waals surface area contributed by atoms with Gasteiger partial charge in [-0.3, -0.25) is 9.79 Å². The zero-order valence-electron chi connectivity index (χ0n) is 18.4. The average Bonchev–Trinajstić information content (AvgIpc) is 2.80. The van der Waals surface area contributed by atoms with E-state index < -0.39 is 0 Å². The Morgan fingerprint density at radius 1 is 1.06 bits per heavy atom. The van der Waals surface area contributed by atoms with Gasteiger partial charge in [0.15, 0.2) is 5.96 Å². The van der Waals surface area contributed by atoms with Gasteiger partial charge in [-0.15, -0.1) is 24.0 Å². The molecule has 2 aromatic rings. The first-order valence-corrected chi connectivity index (χ1v) is 10.4. The molecule has 3 rings (SSSR count). The number of anilines is 1. The Labute approximate surface area is 201 Å². The number of ether oxygens (including phenoxy) is 1. The highest BCUT2D eigenvalue weighted by Gasteiger charge is 2.20. The van der Waals surface area contributed by atoms with E-state index in [2.05, 4.69) is 37.6 Å². The maximum Gasteiger partial charge on any atom is 0.251 e. The van der Waals surface area contributed by atoms with Crippen LogP contribution < -0.4 is 20.3 Å². The van der Waals surface area contributed by atoms with Crippen LogP contribution in [-0.4, -0.2) is 63.6 Å². The largest absolute Gasteiger partial charge is 0.497 e. The standard InChI is InChI=1S/C23H31N5O2.HI/c1-4-25-22(29)19-8-5-7-18(15-19)17-26-23(24-2)28-13-11-27(12-14-28)20-9-6-10-21(16-20)30-3;/h5-10,15-16H,4,11-14,17H2,1-3H3,(H,24,26)(H,25,29);1H. The summed E-state index contributed by atoms with van der Waals surface area (Å²) < 4.78 is 5.34. The predicted molar refractivity (Wildman–Crippen MR) is 137 cm³/mol. The van der Waals surface area contributed by atoms with Crippen molar-refractivity contribution in [1.29, 1.82) is 0 Å². The van der Waals surface area contributed by atoms with Gasteiger partial charge in [-0.05, 0) is 36.8 Å². The summed E-state index contributed by atoms with van der Waals surface area (Å²) in [6.07, 6.45) is 0. The molecule has 1 fully saturated rings. The fourth-order valence-electron chi connectivity index (χ4n) is 3.58. The number of hydrogen-bond donors (Lipinski definition) is 2. The molecule has 8 heteroatoms. The number of benzene rings is 2. The van der Waals surface area contributed by atoms with E-state index in [-0.39, 0.29) is 29.9 Å². The molecule has 31 heavy (non-hydrogen) atoms. The van der Waals surface area contributed by atoms with Crippen LogP contribution in [0.1, 0.15) is 22.8 Å². The van der Waals surface area contributed by atoms with Crippen LogP contribution in [0, 0.1) is 0 Å². The van der Waals surface area contributed by atoms with Crippen molar-refractivity contribution >= 4 is 41.5 Å². The number of nitrogens with zero attached hydrogens (tertiary/aromatic N) is 3. The zero-order chi connectivity index (χ0) is 21.3. The molecular weight excluding hydrogens is 505 g/mol. The maximum absolute atomic E-state index is 12.1. The van der Waals surface area contributed by atoms with Crippen molar-refractivity contribution in [3.05, 3.63) is 59.7 Å². The molecule has 0 radical (unpaired) electrons. The molecular formula is C23H32IN5O2. The topological polar surface area (TPSA) is 69.2 Å². The van der Waals surface area contributed by atoms with Gasteiger partial charge >= 0.3 is 0 Å². The number of halogens is 1. The third-order valence-corrected chi connectivity index (χ3v) is 5.19. The van der Waals surface area contributed by atoms with Crippen molar-refractivity contribution in [3.8, 4) is 5.75 Å². The summed E-state index contributed by atoms with van der Waals surface area (Å²) >= 11 is 0. The van der Waals surface area contributed by atoms with Gasteiger partial charge in [0, 0.05) is 63.6 Å². The minimum atomic E-state index is -0.0441. The smallest absolute Gasteiger partial charge is 0.251 e. The Hall–Kier alpha value is -2.49. The maximum atomic E-state index is 12.1. The van der Waals surface area contributed by atoms with Gasteiger partial charge in [0.1, 0.15) is 5.75 Å². The average molecular weight is 537 g/mol. The SMILES string of the molecule is CCNC(=O)c1cccc(CNC(=NC)N2CCN(c3cccc(OC)c3)CC2)c1.I. The van der Waals surface area contributed by atoms with Gasteiger partial charge in [-0.25, -0.2) is 0 Å². The minimum absolute atomic E-state index is 0. The summed E-state index contributed by atoms with van der Waals surface area (Å²) in [4.78, 5) is 21.1. The lowest BCUT2D eigenvalue weighted by Gasteiger charge is -2.37. The van der Waals surface area contributed by atoms with Crippen LogP contribution in [0.2, 0.25) is 0 Å². The van der Waals surface area contributed by atoms with Crippen LogP contribution in [0.25, 0.3) is 0 Å². The second-order valence-electron chi connectivity index (χ2n) is 7.14. The number of piperazine rings is 1. The van der Waals surface area contributed by atoms with Gasteiger partial charge in [0.2, 0.25) is 0 Å². The molecule has 168 valence electrons. The fourth-order valence-corrected chi connectivity index (χ4v) is 3.58. The molecule has 0 aliphatic carbocycles. The first-order valence-electron chi connectivity index (χ1n) is 10.4. The fraction of sp³-hybridized carbons (Fsp3) is 0.391. The Morgan fingerprint density at radius 3 is 2.48 bits per heavy atom. The quantitative estimate of drug-likeness (QED) is 0.337. The summed E-state index contributed by atoms with van der Waals surface area (Å²) in [5.41, 5.74) is 2.91. The lowest BCUT2D eigenvalue weighted by Crippen LogP contribution is -2.52. The summed E-state index contributed by atoms with van der Waals surface area (Å²) in [5, 5.41) is 6.27. The van der Waals surface area contributed by atoms with Crippen LogP contribution in [0.3, 0.4) is 0 Å². The van der Waals surface area contributed by atoms with Gasteiger partial charge in [-0.1, -0.05) is 18.2 Å². The van der Waals surface area contributed by atoms with E-state index in [9.17, 15) is 4.79 Å². The minimum Gasteiger partial charge on any atom is -0.497 e. The Kier molecular flexibility index (Phi) is 9.90. The second kappa shape index (κ2) is 12.4. The van der Waals surface area contributed by atoms with Crippen molar-refractivity contribution in [1.82, 2.24) is 15.5 Å². The highest BCUT2D eigenvalue weighted by atomic mass is 127. The molecule has 1 saturated heterocycles. The highest BCUT2D eigenvalue weighted by Crippen LogP contribution is 2.22. The summed E-state index contributed by atoms with van der Waals surface area (Å²) in [5.74, 6) is 1.71. The summed E-state index contributed by atoms with van der Waals surface area (Å²) in [6, 6.07) is 15.9. The van der Waals surface area contributed by atoms with Crippen molar-refractivity contribution in [2.75, 3.05) is 51.8 Å². The van der Waals surface area contributed by atoms with Crippen LogP contribution in [0.15, 0.2) is 53.5 Å². The number of aliphatic imine (C=N–C) groups is 1. The van der Waals surface area contributed by atoms with E-state index in [1.807, 2.05) is 50.4 Å². The van der Waals surface area contributed by atoms with Crippen LogP contribution >= 0.6 is 24.0 Å². The first-order chi connectivity index (χ1) is 14.6. The lowest BCUT2D eigenvalue weighted by molar-refractivity contribution is 0.0955. The van der Waals surface area contributed by atoms with Crippen LogP contribution in [-0.2, 0) is 6.54 Å². The van der Waals surface area contributed by atoms with Gasteiger partial charge in [0.25, 0.3) is 5.91 Å². The Morgan fingerprint density at radius 2 is 1.81 bits per heavy atom. The molecule has 0 saturated carbocycles.